The summed E-state index contributed by atoms with van der Waals surface area (Å²) in [6.07, 6.45) is 2.04. The van der Waals surface area contributed by atoms with Crippen molar-refractivity contribution in [1.82, 2.24) is 0 Å². The fourth-order valence-electron chi connectivity index (χ4n) is 1.32. The maximum atomic E-state index is 10.3. The molecule has 4 nitrogen and oxygen atoms in total. The molecule has 0 aliphatic carbocycles. The van der Waals surface area contributed by atoms with Crippen molar-refractivity contribution in [2.45, 2.75) is 19.8 Å². The minimum absolute atomic E-state index is 0.559. The Kier molecular flexibility index (Phi) is 5.59. The van der Waals surface area contributed by atoms with Gasteiger partial charge in [-0.2, -0.15) is 0 Å². The molecule has 18 heavy (non-hydrogen) atoms. The van der Waals surface area contributed by atoms with E-state index in [-0.39, 0.29) is 0 Å². The van der Waals surface area contributed by atoms with Crippen LogP contribution in [0.4, 0.5) is 0 Å². The molecule has 0 unspecified atom stereocenters. The van der Waals surface area contributed by atoms with Gasteiger partial charge in [0, 0.05) is 11.5 Å². The van der Waals surface area contributed by atoms with E-state index in [1.807, 2.05) is 0 Å². The molecule has 0 aromatic heterocycles. The molecule has 0 heterocycles. The van der Waals surface area contributed by atoms with Gasteiger partial charge in [-0.3, -0.25) is 0 Å². The highest BCUT2D eigenvalue weighted by Gasteiger charge is 2.04. The molecule has 0 saturated carbocycles. The highest BCUT2D eigenvalue weighted by molar-refractivity contribution is 5.87. The lowest BCUT2D eigenvalue weighted by atomic mass is 10.2. The summed E-state index contributed by atoms with van der Waals surface area (Å²) in [6.45, 7) is 2.72. The van der Waals surface area contributed by atoms with Crippen LogP contribution in [0.15, 0.2) is 18.2 Å². The number of ether oxygens (including phenoxy) is 2. The predicted molar refractivity (Wildman–Crippen MR) is 67.9 cm³/mol. The summed E-state index contributed by atoms with van der Waals surface area (Å²) < 4.78 is 10.7. The average Bonchev–Trinajstić information content (AvgIpc) is 2.37. The van der Waals surface area contributed by atoms with Crippen LogP contribution in [0.5, 0.6) is 11.5 Å². The molecule has 0 amide bonds. The zero-order valence-corrected chi connectivity index (χ0v) is 10.5. The first-order valence-electron chi connectivity index (χ1n) is 5.73. The molecule has 0 atom stereocenters. The molecule has 1 aromatic rings. The number of hydrogen-bond acceptors (Lipinski definition) is 3. The van der Waals surface area contributed by atoms with Gasteiger partial charge in [0.15, 0.2) is 11.5 Å². The second kappa shape index (κ2) is 7.23. The molecule has 1 rings (SSSR count). The zero-order valence-electron chi connectivity index (χ0n) is 10.5. The molecule has 0 aliphatic heterocycles. The minimum atomic E-state index is -1.16. The van der Waals surface area contributed by atoms with Gasteiger partial charge in [-0.05, 0) is 24.6 Å². The molecule has 1 N–H and O–H groups in total. The number of methoxy groups -OCH3 is 1. The first kappa shape index (κ1) is 13.9. The average molecular weight is 248 g/mol. The largest absolute Gasteiger partial charge is 0.493 e. The lowest BCUT2D eigenvalue weighted by molar-refractivity contribution is -0.130. The van der Waals surface area contributed by atoms with Gasteiger partial charge in [-0.15, -0.1) is 0 Å². The second-order valence-electron chi connectivity index (χ2n) is 3.62. The fourth-order valence-corrected chi connectivity index (χ4v) is 1.32. The Balaban J connectivity index is 2.83. The Morgan fingerprint density at radius 1 is 1.39 bits per heavy atom. The number of benzene rings is 1. The monoisotopic (exact) mass is 248 g/mol. The summed E-state index contributed by atoms with van der Waals surface area (Å²) >= 11 is 0. The number of unbranched alkanes of at least 4 members (excludes halogenated alkanes) is 1. The first-order valence-corrected chi connectivity index (χ1v) is 5.73. The summed E-state index contributed by atoms with van der Waals surface area (Å²) in [5.41, 5.74) is 0.581. The van der Waals surface area contributed by atoms with Crippen LogP contribution in [-0.4, -0.2) is 24.8 Å². The molecule has 96 valence electrons. The van der Waals surface area contributed by atoms with Crippen LogP contribution >= 0.6 is 0 Å². The SMILES string of the molecule is CCCCOc1ccc(C#CC(=O)O)cc1OC. The van der Waals surface area contributed by atoms with Gasteiger partial charge in [-0.25, -0.2) is 4.79 Å². The number of carboxylic acid groups (broad SMARTS) is 1. The van der Waals surface area contributed by atoms with E-state index in [0.29, 0.717) is 23.7 Å². The summed E-state index contributed by atoms with van der Waals surface area (Å²) in [5.74, 6) is 4.63. The van der Waals surface area contributed by atoms with Crippen LogP contribution in [0.2, 0.25) is 0 Å². The summed E-state index contributed by atoms with van der Waals surface area (Å²) in [7, 11) is 1.54. The normalized spacial score (nSPS) is 9.22. The minimum Gasteiger partial charge on any atom is -0.493 e. The lowest BCUT2D eigenvalue weighted by Gasteiger charge is -2.10. The first-order chi connectivity index (χ1) is 8.67. The van der Waals surface area contributed by atoms with Gasteiger partial charge in [0.1, 0.15) is 0 Å². The number of carbonyl (C=O) groups is 1. The van der Waals surface area contributed by atoms with E-state index in [4.69, 9.17) is 14.6 Å². The maximum Gasteiger partial charge on any atom is 0.382 e. The zero-order chi connectivity index (χ0) is 13.4. The van der Waals surface area contributed by atoms with Gasteiger partial charge in [0.05, 0.1) is 13.7 Å². The maximum absolute atomic E-state index is 10.3. The predicted octanol–water partition coefficient (Wildman–Crippen LogP) is 2.31. The summed E-state index contributed by atoms with van der Waals surface area (Å²) in [5, 5.41) is 8.47. The van der Waals surface area contributed by atoms with Crippen molar-refractivity contribution in [3.63, 3.8) is 0 Å². The van der Waals surface area contributed by atoms with Gasteiger partial charge in [-0.1, -0.05) is 19.3 Å². The molecule has 1 aromatic carbocycles. The highest BCUT2D eigenvalue weighted by Crippen LogP contribution is 2.27. The van der Waals surface area contributed by atoms with Gasteiger partial charge < -0.3 is 14.6 Å². The van der Waals surface area contributed by atoms with Crippen LogP contribution in [0.1, 0.15) is 25.3 Å². The molecule has 0 aliphatic rings. The van der Waals surface area contributed by atoms with Crippen molar-refractivity contribution in [2.75, 3.05) is 13.7 Å². The van der Waals surface area contributed by atoms with E-state index >= 15 is 0 Å². The fraction of sp³-hybridized carbons (Fsp3) is 0.357. The van der Waals surface area contributed by atoms with Crippen molar-refractivity contribution in [3.8, 4) is 23.3 Å². The van der Waals surface area contributed by atoms with E-state index in [9.17, 15) is 4.79 Å². The molecular weight excluding hydrogens is 232 g/mol. The van der Waals surface area contributed by atoms with Crippen LogP contribution in [0, 0.1) is 11.8 Å². The van der Waals surface area contributed by atoms with E-state index in [2.05, 4.69) is 18.8 Å². The second-order valence-corrected chi connectivity index (χ2v) is 3.62. The third-order valence-corrected chi connectivity index (χ3v) is 2.23. The Bertz CT molecular complexity index is 468. The number of carboxylic acids is 1. The summed E-state index contributed by atoms with van der Waals surface area (Å²) in [4.78, 5) is 10.3. The van der Waals surface area contributed by atoms with Crippen molar-refractivity contribution < 1.29 is 19.4 Å². The van der Waals surface area contributed by atoms with Crippen LogP contribution in [0.25, 0.3) is 0 Å². The topological polar surface area (TPSA) is 55.8 Å². The number of hydrogen-bond donors (Lipinski definition) is 1. The third-order valence-electron chi connectivity index (χ3n) is 2.23. The number of aliphatic carboxylic acids is 1. The van der Waals surface area contributed by atoms with E-state index < -0.39 is 5.97 Å². The van der Waals surface area contributed by atoms with Gasteiger partial charge in [0.2, 0.25) is 0 Å². The quantitative estimate of drug-likeness (QED) is 0.641. The number of rotatable bonds is 5. The molecule has 0 fully saturated rings. The van der Waals surface area contributed by atoms with E-state index in [1.54, 1.807) is 18.2 Å². The standard InChI is InChI=1S/C14H16O4/c1-3-4-9-18-12-7-5-11(6-8-14(15)16)10-13(12)17-2/h5,7,10H,3-4,9H2,1-2H3,(H,15,16). The molecule has 0 saturated heterocycles. The molecule has 4 heteroatoms. The Labute approximate surface area is 107 Å². The Morgan fingerprint density at radius 2 is 2.17 bits per heavy atom. The Hall–Kier alpha value is -2.15. The Morgan fingerprint density at radius 3 is 2.78 bits per heavy atom. The lowest BCUT2D eigenvalue weighted by Crippen LogP contribution is -1.99. The van der Waals surface area contributed by atoms with Crippen molar-refractivity contribution >= 4 is 5.97 Å². The van der Waals surface area contributed by atoms with Crippen LogP contribution in [-0.2, 0) is 4.79 Å². The van der Waals surface area contributed by atoms with Crippen molar-refractivity contribution in [2.24, 2.45) is 0 Å². The third kappa shape index (κ3) is 4.38. The molecule has 0 spiro atoms. The van der Waals surface area contributed by atoms with Crippen molar-refractivity contribution in [3.05, 3.63) is 23.8 Å². The van der Waals surface area contributed by atoms with Crippen LogP contribution < -0.4 is 9.47 Å². The smallest absolute Gasteiger partial charge is 0.382 e. The molecule has 0 bridgehead atoms. The van der Waals surface area contributed by atoms with Gasteiger partial charge >= 0.3 is 5.97 Å². The highest BCUT2D eigenvalue weighted by atomic mass is 16.5. The summed E-state index contributed by atoms with van der Waals surface area (Å²) in [6, 6.07) is 5.11. The molecular formula is C14H16O4. The molecule has 0 radical (unpaired) electrons. The van der Waals surface area contributed by atoms with E-state index in [1.165, 1.54) is 7.11 Å². The van der Waals surface area contributed by atoms with Crippen molar-refractivity contribution in [1.29, 1.82) is 0 Å². The van der Waals surface area contributed by atoms with Crippen LogP contribution in [0.3, 0.4) is 0 Å². The van der Waals surface area contributed by atoms with E-state index in [0.717, 1.165) is 12.8 Å². The van der Waals surface area contributed by atoms with Gasteiger partial charge in [0.25, 0.3) is 0 Å².